The average Bonchev–Trinajstić information content (AvgIpc) is 2.42. The van der Waals surface area contributed by atoms with Crippen LogP contribution in [0, 0.1) is 0 Å². The van der Waals surface area contributed by atoms with Crippen molar-refractivity contribution in [1.29, 1.82) is 0 Å². The van der Waals surface area contributed by atoms with Crippen molar-refractivity contribution in [2.24, 2.45) is 7.05 Å². The monoisotopic (exact) mass is 297 g/mol. The Morgan fingerprint density at radius 1 is 1.29 bits per heavy atom. The van der Waals surface area contributed by atoms with E-state index in [0.717, 1.165) is 4.68 Å². The number of morpholine rings is 1. The van der Waals surface area contributed by atoms with Gasteiger partial charge in [0.1, 0.15) is 5.69 Å². The molecule has 1 aromatic rings. The van der Waals surface area contributed by atoms with Gasteiger partial charge >= 0.3 is 7.12 Å². The van der Waals surface area contributed by atoms with Crippen molar-refractivity contribution in [3.8, 4) is 0 Å². The second kappa shape index (κ2) is 7.58. The fraction of sp³-hybridized carbons (Fsp3) is 0.692. The highest BCUT2D eigenvalue weighted by atomic mass is 16.5. The Morgan fingerprint density at radius 2 is 1.81 bits per heavy atom. The van der Waals surface area contributed by atoms with Crippen LogP contribution < -0.4 is 16.1 Å². The predicted molar refractivity (Wildman–Crippen MR) is 82.9 cm³/mol. The first-order valence-electron chi connectivity index (χ1n) is 7.23. The summed E-state index contributed by atoms with van der Waals surface area (Å²) < 4.78 is 6.74. The topological polar surface area (TPSA) is 87.8 Å². The molecular formula is C13H24BN3O4. The SMILES string of the molecule is CC.CC1CN(c2cc(B(O)O)nn(C)c2=O)CC(C)O1. The Hall–Kier alpha value is -1.38. The van der Waals surface area contributed by atoms with E-state index in [1.807, 2.05) is 32.6 Å². The predicted octanol–water partition coefficient (Wildman–Crippen LogP) is -0.900. The number of nitrogens with zero attached hydrogens (tertiary/aromatic N) is 3. The summed E-state index contributed by atoms with van der Waals surface area (Å²) in [5, 5.41) is 22.2. The zero-order chi connectivity index (χ0) is 16.2. The Kier molecular flexibility index (Phi) is 6.38. The molecule has 1 aliphatic rings. The Balaban J connectivity index is 0.00000106. The molecule has 1 aromatic heterocycles. The molecule has 8 heteroatoms. The fourth-order valence-corrected chi connectivity index (χ4v) is 2.34. The molecule has 1 fully saturated rings. The number of hydrogen-bond donors (Lipinski definition) is 2. The van der Waals surface area contributed by atoms with Crippen molar-refractivity contribution in [2.75, 3.05) is 18.0 Å². The molecule has 2 N–H and O–H groups in total. The number of hydrogen-bond acceptors (Lipinski definition) is 6. The molecule has 0 spiro atoms. The van der Waals surface area contributed by atoms with E-state index in [1.54, 1.807) is 0 Å². The summed E-state index contributed by atoms with van der Waals surface area (Å²) in [7, 11) is -0.202. The lowest BCUT2D eigenvalue weighted by Gasteiger charge is -2.36. The highest BCUT2D eigenvalue weighted by Gasteiger charge is 2.26. The molecule has 7 nitrogen and oxygen atoms in total. The molecule has 0 aliphatic carbocycles. The zero-order valence-corrected chi connectivity index (χ0v) is 13.3. The molecule has 2 rings (SSSR count). The van der Waals surface area contributed by atoms with Crippen LogP contribution in [0.5, 0.6) is 0 Å². The van der Waals surface area contributed by atoms with Crippen molar-refractivity contribution in [3.05, 3.63) is 16.4 Å². The Morgan fingerprint density at radius 3 is 2.29 bits per heavy atom. The number of aromatic nitrogens is 2. The molecule has 118 valence electrons. The zero-order valence-electron chi connectivity index (χ0n) is 13.3. The third kappa shape index (κ3) is 4.29. The molecule has 1 aliphatic heterocycles. The van der Waals surface area contributed by atoms with E-state index in [4.69, 9.17) is 4.74 Å². The van der Waals surface area contributed by atoms with E-state index in [0.29, 0.717) is 18.8 Å². The van der Waals surface area contributed by atoms with Gasteiger partial charge in [-0.1, -0.05) is 13.8 Å². The van der Waals surface area contributed by atoms with E-state index in [9.17, 15) is 14.8 Å². The van der Waals surface area contributed by atoms with Crippen molar-refractivity contribution in [3.63, 3.8) is 0 Å². The largest absolute Gasteiger partial charge is 0.510 e. The minimum Gasteiger partial charge on any atom is -0.422 e. The fourth-order valence-electron chi connectivity index (χ4n) is 2.34. The van der Waals surface area contributed by atoms with Crippen LogP contribution in [-0.2, 0) is 11.8 Å². The smallest absolute Gasteiger partial charge is 0.422 e. The summed E-state index contributed by atoms with van der Waals surface area (Å²) >= 11 is 0. The van der Waals surface area contributed by atoms with Gasteiger partial charge < -0.3 is 19.7 Å². The van der Waals surface area contributed by atoms with Crippen LogP contribution in [0.1, 0.15) is 27.7 Å². The number of aryl methyl sites for hydroxylation is 1. The molecule has 0 aromatic carbocycles. The lowest BCUT2D eigenvalue weighted by molar-refractivity contribution is -0.00532. The maximum absolute atomic E-state index is 12.1. The van der Waals surface area contributed by atoms with E-state index in [-0.39, 0.29) is 23.4 Å². The first-order valence-corrected chi connectivity index (χ1v) is 7.23. The van der Waals surface area contributed by atoms with E-state index in [2.05, 4.69) is 5.10 Å². The molecule has 0 radical (unpaired) electrons. The van der Waals surface area contributed by atoms with Gasteiger partial charge in [0, 0.05) is 20.1 Å². The van der Waals surface area contributed by atoms with Crippen LogP contribution in [0.25, 0.3) is 0 Å². The molecule has 0 amide bonds. The van der Waals surface area contributed by atoms with Gasteiger partial charge in [0.25, 0.3) is 5.56 Å². The van der Waals surface area contributed by atoms with Gasteiger partial charge in [-0.2, -0.15) is 5.10 Å². The lowest BCUT2D eigenvalue weighted by Crippen LogP contribution is -2.49. The number of ether oxygens (including phenoxy) is 1. The maximum atomic E-state index is 12.1. The quantitative estimate of drug-likeness (QED) is 0.688. The van der Waals surface area contributed by atoms with Gasteiger partial charge in [-0.05, 0) is 19.9 Å². The lowest BCUT2D eigenvalue weighted by atomic mass is 9.86. The third-order valence-electron chi connectivity index (χ3n) is 3.09. The van der Waals surface area contributed by atoms with Crippen LogP contribution in [0.2, 0.25) is 0 Å². The Bertz CT molecular complexity index is 511. The summed E-state index contributed by atoms with van der Waals surface area (Å²) in [6, 6.07) is 1.43. The minimum atomic E-state index is -1.69. The molecule has 2 unspecified atom stereocenters. The summed E-state index contributed by atoms with van der Waals surface area (Å²) in [5.41, 5.74) is 0.220. The van der Waals surface area contributed by atoms with Crippen LogP contribution in [0.4, 0.5) is 5.69 Å². The molecule has 0 saturated carbocycles. The highest BCUT2D eigenvalue weighted by molar-refractivity contribution is 6.57. The van der Waals surface area contributed by atoms with Crippen LogP contribution in [-0.4, -0.2) is 52.2 Å². The molecule has 21 heavy (non-hydrogen) atoms. The molecule has 0 bridgehead atoms. The van der Waals surface area contributed by atoms with E-state index < -0.39 is 7.12 Å². The van der Waals surface area contributed by atoms with Crippen LogP contribution in [0.15, 0.2) is 10.9 Å². The van der Waals surface area contributed by atoms with Gasteiger partial charge in [-0.3, -0.25) is 4.79 Å². The first-order chi connectivity index (χ1) is 9.88. The van der Waals surface area contributed by atoms with Gasteiger partial charge in [-0.25, -0.2) is 4.68 Å². The third-order valence-corrected chi connectivity index (χ3v) is 3.09. The van der Waals surface area contributed by atoms with Gasteiger partial charge in [0.2, 0.25) is 0 Å². The number of anilines is 1. The van der Waals surface area contributed by atoms with Crippen molar-refractivity contribution in [1.82, 2.24) is 9.78 Å². The normalized spacial score (nSPS) is 21.6. The summed E-state index contributed by atoms with van der Waals surface area (Å²) in [5.74, 6) is 0. The van der Waals surface area contributed by atoms with Gasteiger partial charge in [0.05, 0.1) is 17.8 Å². The average molecular weight is 297 g/mol. The first kappa shape index (κ1) is 17.7. The van der Waals surface area contributed by atoms with Crippen molar-refractivity contribution < 1.29 is 14.8 Å². The molecule has 2 atom stereocenters. The molecule has 1 saturated heterocycles. The standard InChI is InChI=1S/C11H18BN3O4.C2H6/c1-7-5-15(6-8(2)19-7)9-4-10(12(17)18)13-14(3)11(9)16;1-2/h4,7-8,17-18H,5-6H2,1-3H3;1-2H3. The van der Waals surface area contributed by atoms with E-state index in [1.165, 1.54) is 13.1 Å². The van der Waals surface area contributed by atoms with Gasteiger partial charge in [0.15, 0.2) is 0 Å². The highest BCUT2D eigenvalue weighted by Crippen LogP contribution is 2.15. The number of rotatable bonds is 2. The molecule has 2 heterocycles. The second-order valence-corrected chi connectivity index (χ2v) is 4.92. The van der Waals surface area contributed by atoms with Crippen LogP contribution in [0.3, 0.4) is 0 Å². The van der Waals surface area contributed by atoms with Crippen molar-refractivity contribution >= 4 is 18.4 Å². The van der Waals surface area contributed by atoms with E-state index >= 15 is 0 Å². The van der Waals surface area contributed by atoms with Crippen LogP contribution >= 0.6 is 0 Å². The minimum absolute atomic E-state index is 0.0177. The molecular weight excluding hydrogens is 273 g/mol. The Labute approximate surface area is 125 Å². The second-order valence-electron chi connectivity index (χ2n) is 4.92. The maximum Gasteiger partial charge on any atom is 0.510 e. The van der Waals surface area contributed by atoms with Gasteiger partial charge in [-0.15, -0.1) is 0 Å². The summed E-state index contributed by atoms with van der Waals surface area (Å²) in [6.07, 6.45) is 0.0354. The van der Waals surface area contributed by atoms with Crippen molar-refractivity contribution in [2.45, 2.75) is 39.9 Å². The summed E-state index contributed by atoms with van der Waals surface area (Å²) in [6.45, 7) is 9.06. The summed E-state index contributed by atoms with van der Waals surface area (Å²) in [4.78, 5) is 14.0.